The van der Waals surface area contributed by atoms with Gasteiger partial charge in [0.25, 0.3) is 0 Å². The zero-order valence-corrected chi connectivity index (χ0v) is 6.15. The average molecular weight is 167 g/mol. The predicted molar refractivity (Wildman–Crippen MR) is 30.1 cm³/mol. The standard InChI is InChI=1S/C5H5N.ClH.Cr/c1-2-4-6-5-3-1;;/h1-5H;1H;/q;;+3/p-1. The SMILES string of the molecule is [Cl][Cr+2].c1ccncc1. The molecule has 1 rings (SSSR count). The van der Waals surface area contributed by atoms with Crippen LogP contribution in [0.25, 0.3) is 0 Å². The van der Waals surface area contributed by atoms with Gasteiger partial charge in [-0.05, 0) is 12.1 Å². The molecular weight excluding hydrogens is 162 g/mol. The summed E-state index contributed by atoms with van der Waals surface area (Å²) in [5.41, 5.74) is 0. The van der Waals surface area contributed by atoms with Crippen LogP contribution in [0.1, 0.15) is 0 Å². The number of nitrogens with zero attached hydrogens (tertiary/aromatic N) is 1. The van der Waals surface area contributed by atoms with Crippen molar-refractivity contribution < 1.29 is 15.4 Å². The van der Waals surface area contributed by atoms with Crippen molar-refractivity contribution in [2.75, 3.05) is 0 Å². The maximum Gasteiger partial charge on any atom is 0.0267 e. The zero-order chi connectivity index (χ0) is 6.24. The molecule has 0 N–H and O–H groups in total. The third-order valence-electron chi connectivity index (χ3n) is 0.566. The molecule has 1 aromatic heterocycles. The molecule has 3 heteroatoms. The fourth-order valence-electron chi connectivity index (χ4n) is 0.313. The van der Waals surface area contributed by atoms with E-state index < -0.39 is 0 Å². The molecule has 0 bridgehead atoms. The maximum absolute atomic E-state index is 4.51. The van der Waals surface area contributed by atoms with Gasteiger partial charge in [0, 0.05) is 12.4 Å². The molecule has 0 saturated carbocycles. The van der Waals surface area contributed by atoms with E-state index in [1.54, 1.807) is 12.4 Å². The molecule has 0 unspecified atom stereocenters. The summed E-state index contributed by atoms with van der Waals surface area (Å²) in [5, 5.41) is 0. The summed E-state index contributed by atoms with van der Waals surface area (Å²) in [6, 6.07) is 5.72. The second kappa shape index (κ2) is 6.97. The Morgan fingerprint density at radius 2 is 1.50 bits per heavy atom. The van der Waals surface area contributed by atoms with Gasteiger partial charge in [0.05, 0.1) is 0 Å². The Morgan fingerprint density at radius 1 is 1.00 bits per heavy atom. The zero-order valence-electron chi connectivity index (χ0n) is 4.12. The van der Waals surface area contributed by atoms with Crippen LogP contribution in [0.2, 0.25) is 0 Å². The fraction of sp³-hybridized carbons (Fsp3) is 0. The number of pyridine rings is 1. The number of rotatable bonds is 0. The smallest absolute Gasteiger partial charge is 0.0267 e. The van der Waals surface area contributed by atoms with Crippen molar-refractivity contribution in [3.63, 3.8) is 0 Å². The summed E-state index contributed by atoms with van der Waals surface area (Å²) in [6.45, 7) is 0. The molecule has 1 heterocycles. The molecule has 1 nitrogen and oxygen atoms in total. The summed E-state index contributed by atoms with van der Waals surface area (Å²) < 4.78 is 0. The first-order chi connectivity index (χ1) is 4.00. The van der Waals surface area contributed by atoms with Gasteiger partial charge in [-0.1, -0.05) is 6.07 Å². The van der Waals surface area contributed by atoms with Crippen molar-refractivity contribution in [3.05, 3.63) is 30.6 Å². The molecule has 1 aromatic rings. The van der Waals surface area contributed by atoms with Gasteiger partial charge in [-0.2, -0.15) is 0 Å². The molecule has 0 saturated heterocycles. The Hall–Kier alpha value is -0.0275. The Kier molecular flexibility index (Phi) is 6.95. The van der Waals surface area contributed by atoms with E-state index in [4.69, 9.17) is 0 Å². The topological polar surface area (TPSA) is 12.9 Å². The third kappa shape index (κ3) is 4.14. The molecule has 0 aliphatic rings. The molecule has 0 aromatic carbocycles. The van der Waals surface area contributed by atoms with Gasteiger partial charge in [0.1, 0.15) is 0 Å². The Balaban J connectivity index is 0.000000222. The summed E-state index contributed by atoms with van der Waals surface area (Å²) in [4.78, 5) is 3.78. The molecule has 0 amide bonds. The van der Waals surface area contributed by atoms with E-state index in [-0.39, 0.29) is 0 Å². The number of halogens is 1. The minimum atomic E-state index is 1.75. The Morgan fingerprint density at radius 3 is 1.62 bits per heavy atom. The van der Waals surface area contributed by atoms with E-state index in [0.717, 1.165) is 0 Å². The monoisotopic (exact) mass is 166 g/mol. The van der Waals surface area contributed by atoms with Crippen molar-refractivity contribution in [1.82, 2.24) is 4.98 Å². The van der Waals surface area contributed by atoms with Gasteiger partial charge in [0.2, 0.25) is 0 Å². The molecule has 0 aliphatic carbocycles. The minimum absolute atomic E-state index is 1.75. The van der Waals surface area contributed by atoms with Crippen LogP contribution in [0.5, 0.6) is 0 Å². The van der Waals surface area contributed by atoms with Crippen LogP contribution in [0.15, 0.2) is 30.6 Å². The quantitative estimate of drug-likeness (QED) is 0.573. The third-order valence-corrected chi connectivity index (χ3v) is 0.566. The van der Waals surface area contributed by atoms with Crippen LogP contribution in [0.3, 0.4) is 0 Å². The largest absolute Gasteiger partial charge is 0.265 e. The Labute approximate surface area is 61.3 Å². The van der Waals surface area contributed by atoms with Crippen molar-refractivity contribution in [2.24, 2.45) is 0 Å². The number of hydrogen-bond acceptors (Lipinski definition) is 1. The summed E-state index contributed by atoms with van der Waals surface area (Å²) in [6.07, 6.45) is 3.50. The molecular formula is C5H5ClCrN+2. The van der Waals surface area contributed by atoms with E-state index in [1.807, 2.05) is 18.2 Å². The molecule has 41 valence electrons. The second-order valence-corrected chi connectivity index (χ2v) is 1.02. The first-order valence-corrected chi connectivity index (χ1v) is 3.76. The average Bonchev–Trinajstić information content (AvgIpc) is 1.96. The molecule has 0 spiro atoms. The van der Waals surface area contributed by atoms with Crippen LogP contribution in [-0.4, -0.2) is 4.98 Å². The molecule has 0 aliphatic heterocycles. The first kappa shape index (κ1) is 7.97. The van der Waals surface area contributed by atoms with Gasteiger partial charge >= 0.3 is 25.4 Å². The Bertz CT molecular complexity index is 84.4. The van der Waals surface area contributed by atoms with Crippen molar-refractivity contribution in [3.8, 4) is 0 Å². The van der Waals surface area contributed by atoms with Crippen LogP contribution in [0.4, 0.5) is 0 Å². The van der Waals surface area contributed by atoms with Crippen LogP contribution in [-0.2, 0) is 15.4 Å². The van der Waals surface area contributed by atoms with Gasteiger partial charge in [0.15, 0.2) is 0 Å². The van der Waals surface area contributed by atoms with Gasteiger partial charge in [-0.15, -0.1) is 0 Å². The summed E-state index contributed by atoms with van der Waals surface area (Å²) in [5.74, 6) is 0. The van der Waals surface area contributed by atoms with Crippen molar-refractivity contribution in [1.29, 1.82) is 0 Å². The van der Waals surface area contributed by atoms with E-state index in [2.05, 4.69) is 30.4 Å². The molecule has 8 heavy (non-hydrogen) atoms. The van der Waals surface area contributed by atoms with E-state index >= 15 is 0 Å². The predicted octanol–water partition coefficient (Wildman–Crippen LogP) is 1.77. The van der Waals surface area contributed by atoms with Crippen LogP contribution >= 0.6 is 10.0 Å². The van der Waals surface area contributed by atoms with Crippen LogP contribution < -0.4 is 0 Å². The molecule has 0 atom stereocenters. The van der Waals surface area contributed by atoms with Gasteiger partial charge < -0.3 is 0 Å². The number of aromatic nitrogens is 1. The van der Waals surface area contributed by atoms with E-state index in [0.29, 0.717) is 0 Å². The summed E-state index contributed by atoms with van der Waals surface area (Å²) >= 11 is 2.10. The van der Waals surface area contributed by atoms with Crippen molar-refractivity contribution in [2.45, 2.75) is 0 Å². The molecule has 0 fully saturated rings. The molecule has 0 radical (unpaired) electrons. The van der Waals surface area contributed by atoms with Gasteiger partial charge in [-0.25, -0.2) is 0 Å². The minimum Gasteiger partial charge on any atom is -0.265 e. The number of hydrogen-bond donors (Lipinski definition) is 0. The van der Waals surface area contributed by atoms with E-state index in [1.165, 1.54) is 0 Å². The fourth-order valence-corrected chi connectivity index (χ4v) is 0.313. The maximum atomic E-state index is 4.51. The van der Waals surface area contributed by atoms with Crippen molar-refractivity contribution >= 4 is 10.0 Å². The first-order valence-electron chi connectivity index (χ1n) is 2.00. The van der Waals surface area contributed by atoms with Crippen LogP contribution in [0, 0.1) is 0 Å². The summed E-state index contributed by atoms with van der Waals surface area (Å²) in [7, 11) is 4.51. The van der Waals surface area contributed by atoms with E-state index in [9.17, 15) is 0 Å². The normalized spacial score (nSPS) is 6.50. The van der Waals surface area contributed by atoms with Gasteiger partial charge in [-0.3, -0.25) is 4.98 Å². The second-order valence-electron chi connectivity index (χ2n) is 1.02.